The lowest BCUT2D eigenvalue weighted by molar-refractivity contribution is -0.274. The Balaban J connectivity index is 1.17. The van der Waals surface area contributed by atoms with Crippen LogP contribution in [0.3, 0.4) is 0 Å². The van der Waals surface area contributed by atoms with Gasteiger partial charge in [-0.2, -0.15) is 0 Å². The van der Waals surface area contributed by atoms with Gasteiger partial charge in [0.05, 0.1) is 11.4 Å². The summed E-state index contributed by atoms with van der Waals surface area (Å²) >= 11 is 0. The Kier molecular flexibility index (Phi) is 9.19. The van der Waals surface area contributed by atoms with Crippen molar-refractivity contribution in [3.8, 4) is 16.9 Å². The minimum Gasteiger partial charge on any atom is -0.449 e. The fraction of sp³-hybridized carbons (Fsp3) is 0.270. The fourth-order valence-electron chi connectivity index (χ4n) is 6.31. The number of nitrogens with one attached hydrogen (secondary N) is 2. The van der Waals surface area contributed by atoms with E-state index in [1.165, 1.54) is 11.8 Å². The highest BCUT2D eigenvalue weighted by molar-refractivity contribution is 6.23. The van der Waals surface area contributed by atoms with Crippen molar-refractivity contribution in [1.82, 2.24) is 15.2 Å². The zero-order valence-electron chi connectivity index (χ0n) is 28.1. The smallest absolute Gasteiger partial charge is 0.449 e. The number of fused-ring (bicyclic) bond motifs is 3. The normalized spacial score (nSPS) is 15.7. The number of anilines is 2. The highest BCUT2D eigenvalue weighted by Gasteiger charge is 2.52. The molecule has 1 atom stereocenters. The number of carbonyl (C=O) groups excluding carboxylic acids is 4. The first kappa shape index (κ1) is 34.9. The van der Waals surface area contributed by atoms with Gasteiger partial charge < -0.3 is 25.0 Å². The van der Waals surface area contributed by atoms with Crippen molar-refractivity contribution in [2.75, 3.05) is 16.8 Å². The van der Waals surface area contributed by atoms with Gasteiger partial charge in [-0.05, 0) is 85.8 Å². The van der Waals surface area contributed by atoms with Gasteiger partial charge in [0.2, 0.25) is 5.91 Å². The number of amides is 5. The number of benzene rings is 3. The summed E-state index contributed by atoms with van der Waals surface area (Å²) < 4.78 is 49.7. The van der Waals surface area contributed by atoms with E-state index in [1.807, 2.05) is 48.5 Å². The molecule has 264 valence electrons. The van der Waals surface area contributed by atoms with Crippen LogP contribution in [-0.4, -0.2) is 58.4 Å². The van der Waals surface area contributed by atoms with E-state index in [0.29, 0.717) is 5.69 Å². The number of urea groups is 1. The molecule has 0 saturated carbocycles. The number of halogens is 3. The third-order valence-corrected chi connectivity index (χ3v) is 8.90. The number of hydrogen-bond donors (Lipinski definition) is 2. The van der Waals surface area contributed by atoms with Crippen molar-refractivity contribution in [2.45, 2.75) is 58.1 Å². The molecule has 2 N–H and O–H groups in total. The Hall–Kier alpha value is -5.92. The number of hydrogen-bond acceptors (Lipinski definition) is 7. The van der Waals surface area contributed by atoms with Crippen LogP contribution in [0.5, 0.6) is 5.75 Å². The van der Waals surface area contributed by atoms with Crippen LogP contribution in [0.25, 0.3) is 11.1 Å². The molecule has 4 aromatic rings. The fourth-order valence-corrected chi connectivity index (χ4v) is 6.31. The van der Waals surface area contributed by atoms with E-state index < -0.39 is 53.3 Å². The molecule has 0 bridgehead atoms. The Bertz CT molecular complexity index is 1990. The molecule has 2 heterocycles. The van der Waals surface area contributed by atoms with Crippen LogP contribution in [0, 0.1) is 6.92 Å². The van der Waals surface area contributed by atoms with E-state index in [2.05, 4.69) is 20.4 Å². The van der Waals surface area contributed by atoms with E-state index in [9.17, 15) is 32.3 Å². The summed E-state index contributed by atoms with van der Waals surface area (Å²) in [6, 6.07) is 20.0. The monoisotopic (exact) mass is 701 g/mol. The molecule has 0 radical (unpaired) electrons. The van der Waals surface area contributed by atoms with Gasteiger partial charge in [0.15, 0.2) is 5.75 Å². The van der Waals surface area contributed by atoms with E-state index in [0.717, 1.165) is 50.9 Å². The molecule has 11 nitrogen and oxygen atoms in total. The third kappa shape index (κ3) is 7.07. The van der Waals surface area contributed by atoms with Crippen LogP contribution in [0.2, 0.25) is 0 Å². The second-order valence-corrected chi connectivity index (χ2v) is 12.8. The largest absolute Gasteiger partial charge is 0.573 e. The minimum absolute atomic E-state index is 0.0220. The van der Waals surface area contributed by atoms with Crippen LogP contribution in [0.1, 0.15) is 49.1 Å². The summed E-state index contributed by atoms with van der Waals surface area (Å²) in [4.78, 5) is 59.6. The first-order valence-electron chi connectivity index (χ1n) is 16.0. The number of carbonyl (C=O) groups is 4. The van der Waals surface area contributed by atoms with Gasteiger partial charge in [0.25, 0.3) is 5.91 Å². The molecule has 5 amide bonds. The standard InChI is InChI=1S/C37H34F3N5O6/c1-21-17-23(15-16-41-21)19-44-35(49)45(33(47)36(44,3)4)24-13-14-31(51-37(38,39)40)30(18-24)43-32(46)22(2)42-34(48)50-20-29-27-11-7-5-9-25(27)26-10-6-8-12-28(26)29/h5-18,22,29H,19-20H2,1-4H3,(H,42,48)(H,43,46). The lowest BCUT2D eigenvalue weighted by atomic mass is 9.98. The maximum Gasteiger partial charge on any atom is 0.573 e. The van der Waals surface area contributed by atoms with Crippen LogP contribution in [0.4, 0.5) is 34.1 Å². The summed E-state index contributed by atoms with van der Waals surface area (Å²) in [6.45, 7) is 6.26. The first-order chi connectivity index (χ1) is 24.1. The molecule has 6 rings (SSSR count). The second-order valence-electron chi connectivity index (χ2n) is 12.8. The second kappa shape index (κ2) is 13.4. The highest BCUT2D eigenvalue weighted by atomic mass is 19.4. The number of imide groups is 1. The quantitative estimate of drug-likeness (QED) is 0.182. The molecule has 1 saturated heterocycles. The van der Waals surface area contributed by atoms with Crippen LogP contribution < -0.4 is 20.3 Å². The number of rotatable bonds is 9. The average molecular weight is 702 g/mol. The average Bonchev–Trinajstić information content (AvgIpc) is 3.47. The lowest BCUT2D eigenvalue weighted by Crippen LogP contribution is -2.43. The molecule has 1 unspecified atom stereocenters. The van der Waals surface area contributed by atoms with Gasteiger partial charge in [-0.25, -0.2) is 14.5 Å². The number of alkyl halides is 3. The molecular formula is C37H34F3N5O6. The van der Waals surface area contributed by atoms with Crippen LogP contribution >= 0.6 is 0 Å². The highest BCUT2D eigenvalue weighted by Crippen LogP contribution is 2.44. The maximum atomic E-state index is 13.6. The molecule has 51 heavy (non-hydrogen) atoms. The van der Waals surface area contributed by atoms with Crippen molar-refractivity contribution in [3.05, 3.63) is 107 Å². The Labute approximate surface area is 291 Å². The van der Waals surface area contributed by atoms with Gasteiger partial charge in [-0.15, -0.1) is 13.2 Å². The molecule has 2 aliphatic rings. The number of ether oxygens (including phenoxy) is 2. The van der Waals surface area contributed by atoms with Gasteiger partial charge in [0.1, 0.15) is 18.2 Å². The molecule has 1 aromatic heterocycles. The van der Waals surface area contributed by atoms with Crippen molar-refractivity contribution in [1.29, 1.82) is 0 Å². The number of aryl methyl sites for hydroxylation is 1. The predicted molar refractivity (Wildman–Crippen MR) is 181 cm³/mol. The van der Waals surface area contributed by atoms with Gasteiger partial charge in [0, 0.05) is 24.4 Å². The molecule has 14 heteroatoms. The number of alkyl carbamates (subject to hydrolysis) is 1. The minimum atomic E-state index is -5.13. The van der Waals surface area contributed by atoms with Crippen molar-refractivity contribution in [2.24, 2.45) is 0 Å². The zero-order valence-corrected chi connectivity index (χ0v) is 28.1. The van der Waals surface area contributed by atoms with Crippen molar-refractivity contribution in [3.63, 3.8) is 0 Å². The summed E-state index contributed by atoms with van der Waals surface area (Å²) in [5.74, 6) is -2.58. The van der Waals surface area contributed by atoms with E-state index in [1.54, 1.807) is 39.1 Å². The number of aromatic nitrogens is 1. The summed E-state index contributed by atoms with van der Waals surface area (Å²) in [5.41, 5.74) is 3.57. The first-order valence-corrected chi connectivity index (χ1v) is 16.0. The SMILES string of the molecule is Cc1cc(CN2C(=O)N(c3ccc(OC(F)(F)F)c(NC(=O)C(C)NC(=O)OCC4c5ccccc5-c5ccccc54)c3)C(=O)C2(C)C)ccn1. The lowest BCUT2D eigenvalue weighted by Gasteiger charge is -2.27. The predicted octanol–water partition coefficient (Wildman–Crippen LogP) is 6.90. The van der Waals surface area contributed by atoms with Gasteiger partial charge >= 0.3 is 18.5 Å². The van der Waals surface area contributed by atoms with E-state index in [-0.39, 0.29) is 24.8 Å². The Morgan fingerprint density at radius 1 is 0.961 bits per heavy atom. The summed E-state index contributed by atoms with van der Waals surface area (Å²) in [7, 11) is 0. The number of pyridine rings is 1. The Morgan fingerprint density at radius 2 is 1.61 bits per heavy atom. The topological polar surface area (TPSA) is 130 Å². The molecule has 3 aromatic carbocycles. The third-order valence-electron chi connectivity index (χ3n) is 8.90. The van der Waals surface area contributed by atoms with Crippen molar-refractivity contribution < 1.29 is 41.8 Å². The van der Waals surface area contributed by atoms with Crippen LogP contribution in [0.15, 0.2) is 85.1 Å². The maximum absolute atomic E-state index is 13.6. The van der Waals surface area contributed by atoms with Gasteiger partial charge in [-0.3, -0.25) is 14.6 Å². The molecular weight excluding hydrogens is 667 g/mol. The van der Waals surface area contributed by atoms with E-state index >= 15 is 0 Å². The zero-order chi connectivity index (χ0) is 36.7. The molecule has 0 spiro atoms. The molecule has 1 fully saturated rings. The van der Waals surface area contributed by atoms with Crippen molar-refractivity contribution >= 4 is 35.3 Å². The van der Waals surface area contributed by atoms with Gasteiger partial charge in [-0.1, -0.05) is 48.5 Å². The van der Waals surface area contributed by atoms with E-state index in [4.69, 9.17) is 4.74 Å². The number of nitrogens with zero attached hydrogens (tertiary/aromatic N) is 3. The Morgan fingerprint density at radius 3 is 2.24 bits per heavy atom. The molecule has 1 aliphatic heterocycles. The molecule has 1 aliphatic carbocycles. The van der Waals surface area contributed by atoms with Crippen LogP contribution in [-0.2, 0) is 20.9 Å². The summed E-state index contributed by atoms with van der Waals surface area (Å²) in [6.07, 6.45) is -4.47. The summed E-state index contributed by atoms with van der Waals surface area (Å²) in [5, 5.41) is 4.73.